The predicted molar refractivity (Wildman–Crippen MR) is 112 cm³/mol. The van der Waals surface area contributed by atoms with Crippen LogP contribution < -0.4 is 16.0 Å². The number of nitrogens with zero attached hydrogens (tertiary/aromatic N) is 3. The van der Waals surface area contributed by atoms with E-state index in [4.69, 9.17) is 27.2 Å². The molecule has 150 valence electrons. The lowest BCUT2D eigenvalue weighted by molar-refractivity contribution is -0.138. The number of hydrogen-bond acceptors (Lipinski definition) is 6. The van der Waals surface area contributed by atoms with Crippen LogP contribution in [0.4, 0.5) is 5.69 Å². The van der Waals surface area contributed by atoms with Crippen molar-refractivity contribution in [3.63, 3.8) is 0 Å². The summed E-state index contributed by atoms with van der Waals surface area (Å²) in [7, 11) is 0. The van der Waals surface area contributed by atoms with Crippen LogP contribution in [0.2, 0.25) is 5.02 Å². The van der Waals surface area contributed by atoms with Gasteiger partial charge in [-0.3, -0.25) is 14.6 Å². The number of nitrogens with two attached hydrogens (primary N) is 1. The number of nitrogen functional groups attached to an aromatic ring is 1. The molecule has 0 aliphatic carbocycles. The molecule has 0 aliphatic heterocycles. The van der Waals surface area contributed by atoms with Crippen LogP contribution in [0.25, 0.3) is 10.8 Å². The third kappa shape index (κ3) is 4.38. The third-order valence-electron chi connectivity index (χ3n) is 4.18. The molecule has 0 fully saturated rings. The van der Waals surface area contributed by atoms with Crippen molar-refractivity contribution in [3.05, 3.63) is 63.0 Å². The molecular formula is C20H19ClN4O4. The van der Waals surface area contributed by atoms with Crippen molar-refractivity contribution in [1.29, 1.82) is 0 Å². The minimum absolute atomic E-state index is 0.130. The van der Waals surface area contributed by atoms with E-state index in [0.717, 1.165) is 4.68 Å². The molecule has 0 spiro atoms. The van der Waals surface area contributed by atoms with E-state index in [1.54, 1.807) is 42.6 Å². The van der Waals surface area contributed by atoms with E-state index in [1.165, 1.54) is 0 Å². The molecule has 0 atom stereocenters. The first-order valence-electron chi connectivity index (χ1n) is 8.83. The van der Waals surface area contributed by atoms with E-state index in [-0.39, 0.29) is 6.54 Å². The monoisotopic (exact) mass is 414 g/mol. The molecule has 9 heteroatoms. The van der Waals surface area contributed by atoms with E-state index in [2.05, 4.69) is 10.1 Å². The van der Waals surface area contributed by atoms with Gasteiger partial charge in [0, 0.05) is 17.2 Å². The molecule has 0 radical (unpaired) electrons. The Morgan fingerprint density at radius 1 is 1.31 bits per heavy atom. The van der Waals surface area contributed by atoms with Crippen LogP contribution in [-0.4, -0.2) is 33.7 Å². The van der Waals surface area contributed by atoms with Crippen molar-refractivity contribution in [1.82, 2.24) is 9.78 Å². The van der Waals surface area contributed by atoms with Gasteiger partial charge in [0.15, 0.2) is 0 Å². The van der Waals surface area contributed by atoms with Gasteiger partial charge < -0.3 is 15.6 Å². The second-order valence-electron chi connectivity index (χ2n) is 6.13. The van der Waals surface area contributed by atoms with Crippen LogP contribution in [-0.2, 0) is 17.9 Å². The van der Waals surface area contributed by atoms with Crippen molar-refractivity contribution in [2.75, 3.05) is 12.3 Å². The Morgan fingerprint density at radius 2 is 2.03 bits per heavy atom. The van der Waals surface area contributed by atoms with Crippen LogP contribution in [0.15, 0.2) is 46.2 Å². The van der Waals surface area contributed by atoms with Gasteiger partial charge in [-0.05, 0) is 25.1 Å². The Hall–Kier alpha value is -3.39. The molecule has 3 N–H and O–H groups in total. The van der Waals surface area contributed by atoms with E-state index in [1.807, 2.05) is 6.92 Å². The van der Waals surface area contributed by atoms with Crippen molar-refractivity contribution >= 4 is 40.2 Å². The number of rotatable bonds is 7. The molecule has 3 aromatic rings. The molecule has 29 heavy (non-hydrogen) atoms. The maximum absolute atomic E-state index is 12.4. The summed E-state index contributed by atoms with van der Waals surface area (Å²) in [5, 5.41) is 14.5. The molecule has 1 heterocycles. The van der Waals surface area contributed by atoms with Gasteiger partial charge >= 0.3 is 5.97 Å². The Balaban J connectivity index is 1.94. The fourth-order valence-electron chi connectivity index (χ4n) is 2.86. The van der Waals surface area contributed by atoms with Gasteiger partial charge in [-0.2, -0.15) is 5.10 Å². The zero-order chi connectivity index (χ0) is 21.0. The topological polar surface area (TPSA) is 120 Å². The van der Waals surface area contributed by atoms with Crippen molar-refractivity contribution in [2.24, 2.45) is 4.99 Å². The van der Waals surface area contributed by atoms with Crippen LogP contribution in [0.5, 0.6) is 5.75 Å². The largest absolute Gasteiger partial charge is 0.492 e. The number of halogens is 1. The maximum Gasteiger partial charge on any atom is 0.325 e. The number of carboxylic acid groups (broad SMARTS) is 1. The van der Waals surface area contributed by atoms with Gasteiger partial charge in [0.1, 0.15) is 17.3 Å². The summed E-state index contributed by atoms with van der Waals surface area (Å²) in [6, 6.07) is 10.3. The number of carbonyl (C=O) groups is 1. The molecule has 3 rings (SSSR count). The highest BCUT2D eigenvalue weighted by molar-refractivity contribution is 6.35. The van der Waals surface area contributed by atoms with E-state index < -0.39 is 18.1 Å². The van der Waals surface area contributed by atoms with Gasteiger partial charge in [-0.25, -0.2) is 4.68 Å². The Kier molecular flexibility index (Phi) is 6.13. The smallest absolute Gasteiger partial charge is 0.325 e. The zero-order valence-electron chi connectivity index (χ0n) is 15.6. The molecule has 0 aliphatic rings. The first-order chi connectivity index (χ1) is 13.9. The lowest BCUT2D eigenvalue weighted by Gasteiger charge is -2.10. The molecule has 0 saturated heterocycles. The quantitative estimate of drug-likeness (QED) is 0.453. The Labute approximate surface area is 171 Å². The van der Waals surface area contributed by atoms with Gasteiger partial charge in [0.05, 0.1) is 29.9 Å². The van der Waals surface area contributed by atoms with Gasteiger partial charge in [0.2, 0.25) is 0 Å². The Bertz CT molecular complexity index is 1160. The summed E-state index contributed by atoms with van der Waals surface area (Å²) in [4.78, 5) is 27.8. The number of benzene rings is 2. The normalized spacial score (nSPS) is 11.2. The summed E-state index contributed by atoms with van der Waals surface area (Å²) in [5.74, 6) is -0.654. The number of ether oxygens (including phenoxy) is 1. The summed E-state index contributed by atoms with van der Waals surface area (Å²) in [5.41, 5.74) is 7.03. The van der Waals surface area contributed by atoms with Gasteiger partial charge in [0.25, 0.3) is 5.56 Å². The summed E-state index contributed by atoms with van der Waals surface area (Å²) in [6.45, 7) is 1.92. The number of anilines is 1. The minimum Gasteiger partial charge on any atom is -0.492 e. The Morgan fingerprint density at radius 3 is 2.72 bits per heavy atom. The predicted octanol–water partition coefficient (Wildman–Crippen LogP) is 2.73. The van der Waals surface area contributed by atoms with E-state index in [9.17, 15) is 9.59 Å². The average molecular weight is 415 g/mol. The summed E-state index contributed by atoms with van der Waals surface area (Å²) in [6.07, 6.45) is 1.56. The fraction of sp³-hybridized carbons (Fsp3) is 0.200. The van der Waals surface area contributed by atoms with Gasteiger partial charge in [-0.15, -0.1) is 0 Å². The lowest BCUT2D eigenvalue weighted by atomic mass is 10.1. The third-order valence-corrected chi connectivity index (χ3v) is 4.57. The SMILES string of the molecule is CCOc1ccc(C=NCc2nn(CC(=O)O)c(=O)c3ccccc23)c(N)c1Cl. The number of hydrogen-bond donors (Lipinski definition) is 2. The highest BCUT2D eigenvalue weighted by Gasteiger charge is 2.12. The highest BCUT2D eigenvalue weighted by Crippen LogP contribution is 2.32. The number of fused-ring (bicyclic) bond motifs is 1. The molecule has 0 amide bonds. The molecule has 0 saturated carbocycles. The lowest BCUT2D eigenvalue weighted by Crippen LogP contribution is -2.27. The van der Waals surface area contributed by atoms with E-state index >= 15 is 0 Å². The van der Waals surface area contributed by atoms with Crippen LogP contribution >= 0.6 is 11.6 Å². The van der Waals surface area contributed by atoms with Crippen LogP contribution in [0.3, 0.4) is 0 Å². The second-order valence-corrected chi connectivity index (χ2v) is 6.51. The molecule has 2 aromatic carbocycles. The summed E-state index contributed by atoms with van der Waals surface area (Å²) >= 11 is 6.22. The maximum atomic E-state index is 12.4. The van der Waals surface area contributed by atoms with Crippen molar-refractivity contribution in [3.8, 4) is 5.75 Å². The average Bonchev–Trinajstić information content (AvgIpc) is 2.70. The zero-order valence-corrected chi connectivity index (χ0v) is 16.4. The molecule has 1 aromatic heterocycles. The molecular weight excluding hydrogens is 396 g/mol. The standard InChI is InChI=1S/C20H19ClN4O4/c1-2-29-16-8-7-12(19(22)18(16)21)9-23-10-15-13-5-3-4-6-14(13)20(28)25(24-15)11-17(26)27/h3-9H,2,10-11,22H2,1H3,(H,26,27). The fourth-order valence-corrected chi connectivity index (χ4v) is 3.08. The number of aliphatic carboxylic acids is 1. The molecule has 8 nitrogen and oxygen atoms in total. The molecule has 0 unspecified atom stereocenters. The number of aromatic nitrogens is 2. The van der Waals surface area contributed by atoms with Crippen LogP contribution in [0, 0.1) is 0 Å². The summed E-state index contributed by atoms with van der Waals surface area (Å²) < 4.78 is 6.33. The second kappa shape index (κ2) is 8.74. The highest BCUT2D eigenvalue weighted by atomic mass is 35.5. The minimum atomic E-state index is -1.15. The van der Waals surface area contributed by atoms with Crippen molar-refractivity contribution < 1.29 is 14.6 Å². The first kappa shape index (κ1) is 20.3. The number of aliphatic imine (C=N–C) groups is 1. The van der Waals surface area contributed by atoms with E-state index in [0.29, 0.717) is 45.1 Å². The van der Waals surface area contributed by atoms with Gasteiger partial charge in [-0.1, -0.05) is 29.8 Å². The van der Waals surface area contributed by atoms with Crippen molar-refractivity contribution in [2.45, 2.75) is 20.0 Å². The number of carboxylic acids is 1. The first-order valence-corrected chi connectivity index (χ1v) is 9.21. The molecule has 0 bridgehead atoms. The van der Waals surface area contributed by atoms with Crippen LogP contribution in [0.1, 0.15) is 18.2 Å².